The van der Waals surface area contributed by atoms with Gasteiger partial charge in [-0.2, -0.15) is 8.42 Å². The molecule has 0 saturated carbocycles. The Morgan fingerprint density at radius 1 is 0.494 bits per heavy atom. The summed E-state index contributed by atoms with van der Waals surface area (Å²) in [6.07, 6.45) is 5.85. The van der Waals surface area contributed by atoms with Crippen LogP contribution in [0.1, 0.15) is 77.6 Å². The van der Waals surface area contributed by atoms with Gasteiger partial charge in [-0.15, -0.1) is 0 Å². The third-order valence-corrected chi connectivity index (χ3v) is 15.9. The van der Waals surface area contributed by atoms with Crippen LogP contribution in [-0.4, -0.2) is 144 Å². The van der Waals surface area contributed by atoms with Crippen LogP contribution in [0.2, 0.25) is 0 Å². The van der Waals surface area contributed by atoms with Gasteiger partial charge in [0.1, 0.15) is 12.1 Å². The standard InChI is InChI=1S/C53H72N2O12.C6H6O3S/c1-54(22-18-38-32-48(62-7)50(64-9)34-40(38)42(54)28-36-14-16-44(58-3)46(30-36)60-5)24-20-52(56)66-26-12-11-13-27-67-53(57)21-25-55(2)23-19-39-33-49(63-8)51(65-10)35-41(39)43(55)29-37-15-17-45(59-4)47(31-37)61-6;7-10(8,9)6-4-2-1-3-5-6/h14-17,30-35,42-43H,11-13,18-29H2,1-10H3;1-5H,(H,7,8,9)/q+2;/t42-,43-,54-,55+;/m1./s1. The second-order valence-corrected chi connectivity index (χ2v) is 21.2. The number of rotatable bonds is 25. The second-order valence-electron chi connectivity index (χ2n) is 19.8. The molecule has 4 atom stereocenters. The topological polar surface area (TPSA) is 181 Å². The number of unbranched alkanes of at least 4 members (excludes halogenated alkanes) is 2. The number of methoxy groups -OCH3 is 8. The van der Waals surface area contributed by atoms with Crippen molar-refractivity contribution in [3.63, 3.8) is 0 Å². The molecule has 7 rings (SSSR count). The molecule has 0 saturated heterocycles. The monoisotopic (exact) mass is 1090 g/mol. The largest absolute Gasteiger partial charge is 0.493 e. The summed E-state index contributed by atoms with van der Waals surface area (Å²) in [6.45, 7) is 3.57. The average Bonchev–Trinajstić information content (AvgIpc) is 3.46. The van der Waals surface area contributed by atoms with Crippen molar-refractivity contribution in [2.75, 3.05) is 110 Å². The number of likely N-dealkylation sites (N-methyl/N-ethyl adjacent to an activating group) is 2. The molecule has 2 aliphatic heterocycles. The first-order chi connectivity index (χ1) is 37.0. The molecule has 0 aliphatic carbocycles. The lowest BCUT2D eigenvalue weighted by Crippen LogP contribution is -2.53. The zero-order valence-corrected chi connectivity index (χ0v) is 47.2. The van der Waals surface area contributed by atoms with Crippen LogP contribution < -0.4 is 37.9 Å². The predicted octanol–water partition coefficient (Wildman–Crippen LogP) is 9.00. The van der Waals surface area contributed by atoms with E-state index < -0.39 is 10.1 Å². The molecule has 18 heteroatoms. The van der Waals surface area contributed by atoms with Gasteiger partial charge in [-0.3, -0.25) is 14.1 Å². The highest BCUT2D eigenvalue weighted by Crippen LogP contribution is 2.45. The molecule has 5 aromatic carbocycles. The van der Waals surface area contributed by atoms with Crippen LogP contribution in [0, 0.1) is 0 Å². The van der Waals surface area contributed by atoms with E-state index in [1.807, 2.05) is 24.3 Å². The van der Waals surface area contributed by atoms with Crippen molar-refractivity contribution in [3.05, 3.63) is 124 Å². The number of esters is 2. The lowest BCUT2D eigenvalue weighted by Gasteiger charge is -2.46. The molecule has 0 bridgehead atoms. The van der Waals surface area contributed by atoms with Crippen LogP contribution in [0.4, 0.5) is 0 Å². The molecular formula is C59H78N2O15S+2. The summed E-state index contributed by atoms with van der Waals surface area (Å²) in [7, 11) is 13.6. The Balaban J connectivity index is 0.000000861. The molecule has 2 heterocycles. The maximum Gasteiger partial charge on any atom is 0.311 e. The van der Waals surface area contributed by atoms with E-state index in [2.05, 4.69) is 50.5 Å². The van der Waals surface area contributed by atoms with E-state index in [0.29, 0.717) is 107 Å². The molecule has 0 amide bonds. The molecule has 418 valence electrons. The number of carbonyl (C=O) groups is 2. The van der Waals surface area contributed by atoms with E-state index in [1.165, 1.54) is 34.4 Å². The Morgan fingerprint density at radius 2 is 0.857 bits per heavy atom. The number of fused-ring (bicyclic) bond motifs is 2. The van der Waals surface area contributed by atoms with E-state index in [9.17, 15) is 18.0 Å². The van der Waals surface area contributed by atoms with Gasteiger partial charge in [0.2, 0.25) is 0 Å². The van der Waals surface area contributed by atoms with Crippen LogP contribution in [0.15, 0.2) is 95.9 Å². The third kappa shape index (κ3) is 15.3. The second kappa shape index (κ2) is 27.5. The van der Waals surface area contributed by atoms with Crippen LogP contribution in [0.25, 0.3) is 0 Å². The van der Waals surface area contributed by atoms with Gasteiger partial charge < -0.3 is 56.3 Å². The fraction of sp³-hybridized carbons (Fsp3) is 0.458. The molecular weight excluding hydrogens is 1010 g/mol. The number of benzene rings is 5. The summed E-state index contributed by atoms with van der Waals surface area (Å²) in [4.78, 5) is 26.3. The fourth-order valence-electron chi connectivity index (χ4n) is 10.5. The Morgan fingerprint density at radius 3 is 1.21 bits per heavy atom. The first-order valence-electron chi connectivity index (χ1n) is 25.9. The highest BCUT2D eigenvalue weighted by molar-refractivity contribution is 7.85. The lowest BCUT2D eigenvalue weighted by atomic mass is 9.86. The zero-order valence-electron chi connectivity index (χ0n) is 46.4. The maximum absolute atomic E-state index is 13.2. The van der Waals surface area contributed by atoms with Crippen molar-refractivity contribution in [3.8, 4) is 46.0 Å². The summed E-state index contributed by atoms with van der Waals surface area (Å²) in [5.74, 6) is 5.06. The number of carbonyl (C=O) groups excluding carboxylic acids is 2. The maximum atomic E-state index is 13.2. The molecule has 77 heavy (non-hydrogen) atoms. The fourth-order valence-corrected chi connectivity index (χ4v) is 11.0. The summed E-state index contributed by atoms with van der Waals surface area (Å²) in [6, 6.07) is 27.9. The molecule has 0 fully saturated rings. The van der Waals surface area contributed by atoms with Crippen molar-refractivity contribution < 1.29 is 78.9 Å². The summed E-state index contributed by atoms with van der Waals surface area (Å²) >= 11 is 0. The Labute approximate surface area is 454 Å². The van der Waals surface area contributed by atoms with Crippen molar-refractivity contribution in [2.24, 2.45) is 0 Å². The number of hydrogen-bond donors (Lipinski definition) is 1. The first kappa shape index (κ1) is 59.5. The number of hydrogen-bond acceptors (Lipinski definition) is 14. The number of nitrogens with zero attached hydrogens (tertiary/aromatic N) is 2. The highest BCUT2D eigenvalue weighted by atomic mass is 32.2. The summed E-state index contributed by atoms with van der Waals surface area (Å²) in [5.41, 5.74) is 7.00. The Hall–Kier alpha value is -6.73. The molecule has 2 aliphatic rings. The zero-order chi connectivity index (χ0) is 55.8. The van der Waals surface area contributed by atoms with Crippen molar-refractivity contribution in [2.45, 2.75) is 74.8 Å². The molecule has 0 spiro atoms. The van der Waals surface area contributed by atoms with E-state index in [1.54, 1.807) is 75.1 Å². The smallest absolute Gasteiger partial charge is 0.311 e. The highest BCUT2D eigenvalue weighted by Gasteiger charge is 2.42. The Bertz CT molecular complexity index is 2720. The predicted molar refractivity (Wildman–Crippen MR) is 292 cm³/mol. The van der Waals surface area contributed by atoms with Crippen molar-refractivity contribution in [1.82, 2.24) is 0 Å². The minimum Gasteiger partial charge on any atom is -0.493 e. The summed E-state index contributed by atoms with van der Waals surface area (Å²) in [5, 5.41) is 0. The molecule has 0 unspecified atom stereocenters. The summed E-state index contributed by atoms with van der Waals surface area (Å²) < 4.78 is 87.1. The van der Waals surface area contributed by atoms with Crippen LogP contribution in [-0.2, 0) is 54.9 Å². The first-order valence-corrected chi connectivity index (χ1v) is 27.3. The van der Waals surface area contributed by atoms with Gasteiger partial charge in [0.15, 0.2) is 46.0 Å². The SMILES string of the molecule is COc1ccc(C[C@@H]2c3cc(OC)c(OC)cc3CC[N@+]2(C)CCC(=O)OCCCCCOC(=O)CC[N@+]2(C)CCc3cc(OC)c(OC)cc3[C@H]2Cc2ccc(OC)c(OC)c2)cc1OC.O=S(=O)(O)c1ccccc1. The van der Waals surface area contributed by atoms with E-state index in [-0.39, 0.29) is 28.9 Å². The molecule has 17 nitrogen and oxygen atoms in total. The van der Waals surface area contributed by atoms with Gasteiger partial charge in [-0.25, -0.2) is 0 Å². The minimum absolute atomic E-state index is 0.0393. The molecule has 1 N–H and O–H groups in total. The van der Waals surface area contributed by atoms with Gasteiger partial charge in [-0.05, 0) is 102 Å². The van der Waals surface area contributed by atoms with E-state index >= 15 is 0 Å². The number of quaternary nitrogens is 2. The van der Waals surface area contributed by atoms with Crippen LogP contribution >= 0.6 is 0 Å². The van der Waals surface area contributed by atoms with Crippen molar-refractivity contribution in [1.29, 1.82) is 0 Å². The van der Waals surface area contributed by atoms with Crippen LogP contribution in [0.3, 0.4) is 0 Å². The third-order valence-electron chi connectivity index (χ3n) is 15.1. The van der Waals surface area contributed by atoms with Gasteiger partial charge in [0, 0.05) is 36.8 Å². The molecule has 0 radical (unpaired) electrons. The molecule has 5 aromatic rings. The van der Waals surface area contributed by atoms with Gasteiger partial charge in [-0.1, -0.05) is 30.3 Å². The quantitative estimate of drug-likeness (QED) is 0.0253. The average molecular weight is 1090 g/mol. The van der Waals surface area contributed by atoms with Crippen LogP contribution in [0.5, 0.6) is 46.0 Å². The Kier molecular flexibility index (Phi) is 21.3. The molecule has 0 aromatic heterocycles. The van der Waals surface area contributed by atoms with Gasteiger partial charge in [0.05, 0.1) is 128 Å². The van der Waals surface area contributed by atoms with Gasteiger partial charge >= 0.3 is 11.9 Å². The van der Waals surface area contributed by atoms with Crippen molar-refractivity contribution >= 4 is 22.1 Å². The normalized spacial score (nSPS) is 18.5. The van der Waals surface area contributed by atoms with Gasteiger partial charge in [0.25, 0.3) is 10.1 Å². The van der Waals surface area contributed by atoms with E-state index in [4.69, 9.17) is 51.9 Å². The number of ether oxygens (including phenoxy) is 10. The minimum atomic E-state index is -4.00. The van der Waals surface area contributed by atoms with E-state index in [0.717, 1.165) is 56.3 Å². The lowest BCUT2D eigenvalue weighted by molar-refractivity contribution is -0.940.